The minimum atomic E-state index is -0.142. The number of carbonyl (C=O) groups is 1. The van der Waals surface area contributed by atoms with E-state index in [-0.39, 0.29) is 6.09 Å². The summed E-state index contributed by atoms with van der Waals surface area (Å²) < 4.78 is 5.15. The van der Waals surface area contributed by atoms with Crippen LogP contribution in [0, 0.1) is 5.92 Å². The molecule has 2 saturated heterocycles. The van der Waals surface area contributed by atoms with Gasteiger partial charge >= 0.3 is 6.09 Å². The molecule has 1 aromatic rings. The topological polar surface area (TPSA) is 48.9 Å². The summed E-state index contributed by atoms with van der Waals surface area (Å²) in [5, 5.41) is 0. The van der Waals surface area contributed by atoms with Crippen molar-refractivity contribution in [3.8, 4) is 0 Å². The molecular formula is C24H38N4O2. The van der Waals surface area contributed by atoms with Crippen molar-refractivity contribution in [2.75, 3.05) is 57.3 Å². The summed E-state index contributed by atoms with van der Waals surface area (Å²) >= 11 is 0. The van der Waals surface area contributed by atoms with Crippen molar-refractivity contribution in [2.45, 2.75) is 57.8 Å². The van der Waals surface area contributed by atoms with E-state index >= 15 is 0 Å². The van der Waals surface area contributed by atoms with Crippen LogP contribution in [0.25, 0.3) is 0 Å². The number of aromatic nitrogens is 1. The second-order valence-electron chi connectivity index (χ2n) is 9.36. The number of anilines is 1. The summed E-state index contributed by atoms with van der Waals surface area (Å²) in [6.07, 6.45) is 8.94. The fourth-order valence-electron chi connectivity index (χ4n) is 5.59. The van der Waals surface area contributed by atoms with E-state index in [2.05, 4.69) is 28.9 Å². The standard InChI is InChI=1S/C24H38N4O2/c1-3-5-13-28-19-24(21-7-6-12-25-22(21)28)10-16-26(17-11-24)18-20-8-14-27(15-9-20)23(29)30-4-2/h6-7,12,20H,3-5,8-11,13-19H2,1-2H3. The predicted octanol–water partition coefficient (Wildman–Crippen LogP) is 3.90. The first kappa shape index (κ1) is 21.4. The zero-order chi connectivity index (χ0) is 21.0. The van der Waals surface area contributed by atoms with E-state index in [1.165, 1.54) is 56.7 Å². The Morgan fingerprint density at radius 3 is 2.67 bits per heavy atom. The molecule has 3 aliphatic rings. The van der Waals surface area contributed by atoms with Gasteiger partial charge < -0.3 is 19.4 Å². The van der Waals surface area contributed by atoms with Gasteiger partial charge in [0.2, 0.25) is 0 Å². The fourth-order valence-corrected chi connectivity index (χ4v) is 5.59. The van der Waals surface area contributed by atoms with Crippen molar-refractivity contribution in [2.24, 2.45) is 5.92 Å². The highest BCUT2D eigenvalue weighted by Crippen LogP contribution is 2.46. The quantitative estimate of drug-likeness (QED) is 0.706. The van der Waals surface area contributed by atoms with E-state index in [1.807, 2.05) is 18.0 Å². The third kappa shape index (κ3) is 4.43. The van der Waals surface area contributed by atoms with Crippen LogP contribution in [0.1, 0.15) is 57.9 Å². The maximum Gasteiger partial charge on any atom is 0.409 e. The molecule has 1 aromatic heterocycles. The van der Waals surface area contributed by atoms with E-state index in [0.717, 1.165) is 39.0 Å². The Labute approximate surface area is 181 Å². The lowest BCUT2D eigenvalue weighted by atomic mass is 9.74. The SMILES string of the molecule is CCCCN1CC2(CCN(CC3CCN(C(=O)OCC)CC3)CC2)c2cccnc21. The number of hydrogen-bond acceptors (Lipinski definition) is 5. The molecule has 0 aliphatic carbocycles. The Morgan fingerprint density at radius 2 is 1.97 bits per heavy atom. The van der Waals surface area contributed by atoms with Crippen molar-refractivity contribution in [1.29, 1.82) is 0 Å². The summed E-state index contributed by atoms with van der Waals surface area (Å²) in [6, 6.07) is 4.45. The van der Waals surface area contributed by atoms with Crippen LogP contribution in [0.3, 0.4) is 0 Å². The molecule has 0 radical (unpaired) electrons. The summed E-state index contributed by atoms with van der Waals surface area (Å²) in [5.74, 6) is 1.94. The van der Waals surface area contributed by atoms with Crippen molar-refractivity contribution < 1.29 is 9.53 Å². The Balaban J connectivity index is 1.30. The van der Waals surface area contributed by atoms with Gasteiger partial charge in [-0.2, -0.15) is 0 Å². The van der Waals surface area contributed by atoms with Gasteiger partial charge in [-0.15, -0.1) is 0 Å². The number of unbranched alkanes of at least 4 members (excludes halogenated alkanes) is 1. The second kappa shape index (κ2) is 9.54. The molecule has 0 N–H and O–H groups in total. The first-order valence-electron chi connectivity index (χ1n) is 12.0. The molecule has 166 valence electrons. The fraction of sp³-hybridized carbons (Fsp3) is 0.750. The van der Waals surface area contributed by atoms with Gasteiger partial charge in [0.25, 0.3) is 0 Å². The Kier molecular flexibility index (Phi) is 6.81. The lowest BCUT2D eigenvalue weighted by Crippen LogP contribution is -2.48. The van der Waals surface area contributed by atoms with Crippen LogP contribution in [-0.2, 0) is 10.2 Å². The van der Waals surface area contributed by atoms with E-state index in [4.69, 9.17) is 9.72 Å². The smallest absolute Gasteiger partial charge is 0.409 e. The number of piperidine rings is 2. The lowest BCUT2D eigenvalue weighted by Gasteiger charge is -2.42. The molecule has 1 spiro atoms. The number of rotatable bonds is 6. The molecule has 3 aliphatic heterocycles. The van der Waals surface area contributed by atoms with E-state index in [1.54, 1.807) is 0 Å². The van der Waals surface area contributed by atoms with Crippen LogP contribution < -0.4 is 4.90 Å². The number of fused-ring (bicyclic) bond motifs is 2. The average Bonchev–Trinajstić information content (AvgIpc) is 3.08. The van der Waals surface area contributed by atoms with Crippen molar-refractivity contribution in [1.82, 2.24) is 14.8 Å². The maximum absolute atomic E-state index is 11.9. The zero-order valence-corrected chi connectivity index (χ0v) is 18.8. The molecule has 6 heteroatoms. The largest absolute Gasteiger partial charge is 0.450 e. The first-order chi connectivity index (χ1) is 14.6. The van der Waals surface area contributed by atoms with Crippen LogP contribution in [0.4, 0.5) is 10.6 Å². The second-order valence-corrected chi connectivity index (χ2v) is 9.36. The Bertz CT molecular complexity index is 709. The van der Waals surface area contributed by atoms with Crippen molar-refractivity contribution in [3.63, 3.8) is 0 Å². The van der Waals surface area contributed by atoms with Gasteiger partial charge in [-0.3, -0.25) is 0 Å². The molecule has 30 heavy (non-hydrogen) atoms. The van der Waals surface area contributed by atoms with Gasteiger partial charge in [-0.1, -0.05) is 19.4 Å². The maximum atomic E-state index is 11.9. The van der Waals surface area contributed by atoms with Crippen molar-refractivity contribution >= 4 is 11.9 Å². The summed E-state index contributed by atoms with van der Waals surface area (Å²) in [6.45, 7) is 12.1. The van der Waals surface area contributed by atoms with Gasteiger partial charge in [0.1, 0.15) is 5.82 Å². The molecule has 2 fully saturated rings. The molecule has 0 atom stereocenters. The predicted molar refractivity (Wildman–Crippen MR) is 120 cm³/mol. The Hall–Kier alpha value is -1.82. The van der Waals surface area contributed by atoms with Gasteiger partial charge in [0.05, 0.1) is 6.61 Å². The normalized spacial score (nSPS) is 21.8. The highest BCUT2D eigenvalue weighted by atomic mass is 16.6. The monoisotopic (exact) mass is 414 g/mol. The molecule has 0 unspecified atom stereocenters. The average molecular weight is 415 g/mol. The molecule has 0 saturated carbocycles. The number of hydrogen-bond donors (Lipinski definition) is 0. The molecule has 4 rings (SSSR count). The van der Waals surface area contributed by atoms with E-state index in [0.29, 0.717) is 17.9 Å². The summed E-state index contributed by atoms with van der Waals surface area (Å²) in [5.41, 5.74) is 1.78. The van der Waals surface area contributed by atoms with Crippen LogP contribution in [0.5, 0.6) is 0 Å². The zero-order valence-electron chi connectivity index (χ0n) is 18.8. The van der Waals surface area contributed by atoms with Gasteiger partial charge in [0.15, 0.2) is 0 Å². The number of ether oxygens (including phenoxy) is 1. The number of pyridine rings is 1. The van der Waals surface area contributed by atoms with E-state index < -0.39 is 0 Å². The highest BCUT2D eigenvalue weighted by Gasteiger charge is 2.45. The third-order valence-electron chi connectivity index (χ3n) is 7.40. The van der Waals surface area contributed by atoms with Crippen LogP contribution in [0.2, 0.25) is 0 Å². The molecule has 6 nitrogen and oxygen atoms in total. The molecule has 0 bridgehead atoms. The third-order valence-corrected chi connectivity index (χ3v) is 7.40. The lowest BCUT2D eigenvalue weighted by molar-refractivity contribution is 0.0797. The molecule has 1 amide bonds. The van der Waals surface area contributed by atoms with Gasteiger partial charge in [-0.05, 0) is 64.1 Å². The molecule has 4 heterocycles. The molecule has 0 aromatic carbocycles. The number of carbonyl (C=O) groups excluding carboxylic acids is 1. The van der Waals surface area contributed by atoms with E-state index in [9.17, 15) is 4.79 Å². The highest BCUT2D eigenvalue weighted by molar-refractivity contribution is 5.67. The number of amides is 1. The minimum absolute atomic E-state index is 0.142. The van der Waals surface area contributed by atoms with Crippen molar-refractivity contribution in [3.05, 3.63) is 23.9 Å². The number of likely N-dealkylation sites (tertiary alicyclic amines) is 2. The van der Waals surface area contributed by atoms with Gasteiger partial charge in [0, 0.05) is 49.9 Å². The Morgan fingerprint density at radius 1 is 1.20 bits per heavy atom. The summed E-state index contributed by atoms with van der Waals surface area (Å²) in [7, 11) is 0. The van der Waals surface area contributed by atoms with Crippen LogP contribution >= 0.6 is 0 Å². The summed E-state index contributed by atoms with van der Waals surface area (Å²) in [4.78, 5) is 23.8. The minimum Gasteiger partial charge on any atom is -0.450 e. The van der Waals surface area contributed by atoms with Crippen LogP contribution in [0.15, 0.2) is 18.3 Å². The molecular weight excluding hydrogens is 376 g/mol. The van der Waals surface area contributed by atoms with Gasteiger partial charge in [-0.25, -0.2) is 9.78 Å². The first-order valence-corrected chi connectivity index (χ1v) is 12.0. The van der Waals surface area contributed by atoms with Crippen LogP contribution in [-0.4, -0.2) is 73.3 Å². The number of nitrogens with zero attached hydrogens (tertiary/aromatic N) is 4.